The molecule has 1 fully saturated rings. The zero-order valence-electron chi connectivity index (χ0n) is 17.9. The normalized spacial score (nSPS) is 17.1. The van der Waals surface area contributed by atoms with E-state index in [1.54, 1.807) is 16.8 Å². The van der Waals surface area contributed by atoms with Crippen molar-refractivity contribution in [2.75, 3.05) is 44.7 Å². The highest BCUT2D eigenvalue weighted by atomic mass is 32.2. The van der Waals surface area contributed by atoms with Gasteiger partial charge in [-0.2, -0.15) is 5.10 Å². The maximum Gasteiger partial charge on any atom is 0.226 e. The highest BCUT2D eigenvalue weighted by Gasteiger charge is 2.30. The van der Waals surface area contributed by atoms with Crippen LogP contribution >= 0.6 is 0 Å². The molecule has 1 aromatic heterocycles. The number of sulfone groups is 1. The van der Waals surface area contributed by atoms with Crippen LogP contribution in [0.2, 0.25) is 0 Å². The molecule has 0 spiro atoms. The van der Waals surface area contributed by atoms with Gasteiger partial charge >= 0.3 is 0 Å². The van der Waals surface area contributed by atoms with Crippen molar-refractivity contribution in [3.8, 4) is 5.75 Å². The van der Waals surface area contributed by atoms with Gasteiger partial charge in [-0.1, -0.05) is 30.3 Å². The first kappa shape index (κ1) is 19.6. The van der Waals surface area contributed by atoms with Crippen LogP contribution in [-0.2, 0) is 16.4 Å². The van der Waals surface area contributed by atoms with Gasteiger partial charge in [0, 0.05) is 43.3 Å². The first-order valence-electron chi connectivity index (χ1n) is 10.9. The highest BCUT2D eigenvalue weighted by Crippen LogP contribution is 2.39. The van der Waals surface area contributed by atoms with E-state index < -0.39 is 9.84 Å². The van der Waals surface area contributed by atoms with Gasteiger partial charge < -0.3 is 14.5 Å². The Hall–Kier alpha value is -3.10. The summed E-state index contributed by atoms with van der Waals surface area (Å²) in [5.41, 5.74) is 1.74. The summed E-state index contributed by atoms with van der Waals surface area (Å²) in [6.45, 7) is 4.73. The van der Waals surface area contributed by atoms with Gasteiger partial charge in [-0.15, -0.1) is 0 Å². The van der Waals surface area contributed by atoms with Crippen molar-refractivity contribution in [1.82, 2.24) is 14.7 Å². The Kier molecular flexibility index (Phi) is 4.41. The fourth-order valence-corrected chi connectivity index (χ4v) is 6.05. The Balaban J connectivity index is 1.52. The lowest BCUT2D eigenvalue weighted by molar-refractivity contribution is 0.277. The van der Waals surface area contributed by atoms with E-state index in [0.717, 1.165) is 48.2 Å². The van der Waals surface area contributed by atoms with Crippen LogP contribution in [0.5, 0.6) is 5.75 Å². The number of anilines is 1. The number of hydrogen-bond acceptors (Lipinski definition) is 6. The summed E-state index contributed by atoms with van der Waals surface area (Å²) in [5.74, 6) is 0.704. The van der Waals surface area contributed by atoms with Gasteiger partial charge in [-0.3, -0.25) is 4.68 Å². The molecule has 3 heterocycles. The molecule has 0 unspecified atom stereocenters. The fraction of sp³-hybridized carbons (Fsp3) is 0.292. The predicted molar refractivity (Wildman–Crippen MR) is 124 cm³/mol. The van der Waals surface area contributed by atoms with Gasteiger partial charge in [0.1, 0.15) is 17.9 Å². The van der Waals surface area contributed by atoms with Gasteiger partial charge in [-0.05, 0) is 36.0 Å². The molecule has 1 saturated heterocycles. The summed E-state index contributed by atoms with van der Waals surface area (Å²) < 4.78 is 35.2. The summed E-state index contributed by atoms with van der Waals surface area (Å²) in [7, 11) is -1.69. The Morgan fingerprint density at radius 1 is 0.906 bits per heavy atom. The van der Waals surface area contributed by atoms with Gasteiger partial charge in [0.15, 0.2) is 5.03 Å². The van der Waals surface area contributed by atoms with Crippen molar-refractivity contribution in [2.24, 2.45) is 0 Å². The molecule has 6 rings (SSSR count). The van der Waals surface area contributed by atoms with Crippen LogP contribution in [0.25, 0.3) is 21.7 Å². The predicted octanol–water partition coefficient (Wildman–Crippen LogP) is 3.17. The van der Waals surface area contributed by atoms with E-state index in [0.29, 0.717) is 24.3 Å². The molecule has 0 atom stereocenters. The number of likely N-dealkylation sites (N-methyl/N-ethyl adjacent to an activating group) is 1. The van der Waals surface area contributed by atoms with E-state index in [9.17, 15) is 8.42 Å². The van der Waals surface area contributed by atoms with Crippen LogP contribution in [-0.4, -0.2) is 62.9 Å². The molecular weight excluding hydrogens is 424 g/mol. The van der Waals surface area contributed by atoms with Crippen molar-refractivity contribution in [2.45, 2.75) is 16.5 Å². The quantitative estimate of drug-likeness (QED) is 0.480. The summed E-state index contributed by atoms with van der Waals surface area (Å²) in [5, 5.41) is 7.20. The van der Waals surface area contributed by atoms with Crippen molar-refractivity contribution in [3.05, 3.63) is 54.6 Å². The van der Waals surface area contributed by atoms with Gasteiger partial charge in [-0.25, -0.2) is 8.42 Å². The van der Waals surface area contributed by atoms with Crippen molar-refractivity contribution >= 4 is 37.2 Å². The van der Waals surface area contributed by atoms with Crippen LogP contribution in [0.4, 0.5) is 5.69 Å². The SMILES string of the molecule is CN1CCN(c2cc3c4c(c2)c(S(=O)(=O)c2ccc5ccccc5c2)nn4CCO3)CC1. The van der Waals surface area contributed by atoms with Crippen LogP contribution in [0, 0.1) is 0 Å². The largest absolute Gasteiger partial charge is 0.489 e. The third-order valence-corrected chi connectivity index (χ3v) is 8.16. The lowest BCUT2D eigenvalue weighted by Crippen LogP contribution is -2.44. The summed E-state index contributed by atoms with van der Waals surface area (Å²) >= 11 is 0. The molecule has 164 valence electrons. The summed E-state index contributed by atoms with van der Waals surface area (Å²) in [4.78, 5) is 4.84. The van der Waals surface area contributed by atoms with Crippen molar-refractivity contribution in [1.29, 1.82) is 0 Å². The lowest BCUT2D eigenvalue weighted by atomic mass is 10.1. The van der Waals surface area contributed by atoms with E-state index in [4.69, 9.17) is 4.74 Å². The van der Waals surface area contributed by atoms with Gasteiger partial charge in [0.2, 0.25) is 9.84 Å². The Bertz CT molecular complexity index is 1450. The van der Waals surface area contributed by atoms with Crippen LogP contribution in [0.15, 0.2) is 64.5 Å². The second kappa shape index (κ2) is 7.21. The van der Waals surface area contributed by atoms with E-state index in [1.807, 2.05) is 42.5 Å². The number of hydrogen-bond donors (Lipinski definition) is 0. The minimum atomic E-state index is -3.81. The van der Waals surface area contributed by atoms with Crippen LogP contribution in [0.3, 0.4) is 0 Å². The molecule has 2 aliphatic heterocycles. The molecule has 7 nitrogen and oxygen atoms in total. The van der Waals surface area contributed by atoms with Crippen LogP contribution in [0.1, 0.15) is 0 Å². The molecule has 0 N–H and O–H groups in total. The number of benzene rings is 3. The Labute approximate surface area is 186 Å². The molecule has 0 amide bonds. The first-order valence-corrected chi connectivity index (χ1v) is 12.3. The molecule has 32 heavy (non-hydrogen) atoms. The number of piperazine rings is 1. The van der Waals surface area contributed by atoms with Crippen molar-refractivity contribution < 1.29 is 13.2 Å². The number of ether oxygens (including phenoxy) is 1. The molecule has 0 bridgehead atoms. The zero-order chi connectivity index (χ0) is 21.9. The zero-order valence-corrected chi connectivity index (χ0v) is 18.7. The van der Waals surface area contributed by atoms with E-state index in [1.165, 1.54) is 0 Å². The van der Waals surface area contributed by atoms with Crippen LogP contribution < -0.4 is 9.64 Å². The minimum Gasteiger partial charge on any atom is -0.489 e. The Morgan fingerprint density at radius 3 is 2.50 bits per heavy atom. The summed E-state index contributed by atoms with van der Waals surface area (Å²) in [6, 6.07) is 17.0. The third kappa shape index (κ3) is 3.05. The lowest BCUT2D eigenvalue weighted by Gasteiger charge is -2.34. The topological polar surface area (TPSA) is 67.7 Å². The van der Waals surface area contributed by atoms with E-state index >= 15 is 0 Å². The summed E-state index contributed by atoms with van der Waals surface area (Å²) in [6.07, 6.45) is 0. The maximum absolute atomic E-state index is 13.7. The monoisotopic (exact) mass is 448 g/mol. The molecule has 3 aromatic carbocycles. The minimum absolute atomic E-state index is 0.102. The average molecular weight is 449 g/mol. The fourth-order valence-electron chi connectivity index (χ4n) is 4.64. The molecule has 0 radical (unpaired) electrons. The molecule has 0 aliphatic carbocycles. The van der Waals surface area contributed by atoms with E-state index in [-0.39, 0.29) is 9.92 Å². The molecule has 8 heteroatoms. The maximum atomic E-state index is 13.7. The second-order valence-corrected chi connectivity index (χ2v) is 10.4. The molecular formula is C24H24N4O3S. The third-order valence-electron chi connectivity index (χ3n) is 6.47. The second-order valence-electron chi connectivity index (χ2n) is 8.52. The first-order chi connectivity index (χ1) is 15.5. The molecule has 4 aromatic rings. The Morgan fingerprint density at radius 2 is 1.69 bits per heavy atom. The molecule has 2 aliphatic rings. The van der Waals surface area contributed by atoms with Gasteiger partial charge in [0.05, 0.1) is 11.4 Å². The average Bonchev–Trinajstić information content (AvgIpc) is 3.20. The highest BCUT2D eigenvalue weighted by molar-refractivity contribution is 7.91. The number of rotatable bonds is 3. The molecule has 0 saturated carbocycles. The van der Waals surface area contributed by atoms with E-state index in [2.05, 4.69) is 21.9 Å². The van der Waals surface area contributed by atoms with Gasteiger partial charge in [0.25, 0.3) is 0 Å². The number of nitrogens with zero attached hydrogens (tertiary/aromatic N) is 4. The van der Waals surface area contributed by atoms with Crippen molar-refractivity contribution in [3.63, 3.8) is 0 Å². The standard InChI is InChI=1S/C24H24N4O3S/c1-26-8-10-27(11-9-26)19-15-21-23-22(16-19)31-13-12-28(23)25-24(21)32(29,30)20-7-6-17-4-2-3-5-18(17)14-20/h2-7,14-16H,8-13H2,1H3. The smallest absolute Gasteiger partial charge is 0.226 e. The number of fused-ring (bicyclic) bond motifs is 1. The number of aromatic nitrogens is 2.